The lowest BCUT2D eigenvalue weighted by Gasteiger charge is -2.20. The van der Waals surface area contributed by atoms with Gasteiger partial charge in [-0.1, -0.05) is 77.6 Å². The zero-order valence-electron chi connectivity index (χ0n) is 58.0. The second-order valence-corrected chi connectivity index (χ2v) is 32.8. The third-order valence-electron chi connectivity index (χ3n) is 17.8. The number of unbranched alkanes of at least 4 members (excludes halogenated alkanes) is 1. The first kappa shape index (κ1) is 72.5. The molecule has 3 amide bonds. The molecule has 2 saturated heterocycles. The fraction of sp³-hybridized carbons (Fsp3) is 0.403. The first-order chi connectivity index (χ1) is 47.0. The van der Waals surface area contributed by atoms with Crippen LogP contribution in [0.25, 0.3) is 15.0 Å². The second-order valence-electron chi connectivity index (χ2n) is 26.6. The van der Waals surface area contributed by atoms with Gasteiger partial charge in [-0.3, -0.25) is 38.3 Å². The van der Waals surface area contributed by atoms with Crippen molar-refractivity contribution in [1.29, 1.82) is 0 Å². The molecular formula is C72H80Cl3N15O5S4. The van der Waals surface area contributed by atoms with Gasteiger partial charge in [-0.05, 0) is 163 Å². The number of aliphatic imine (C=N–C) groups is 3. The van der Waals surface area contributed by atoms with Crippen molar-refractivity contribution in [2.24, 2.45) is 15.0 Å². The summed E-state index contributed by atoms with van der Waals surface area (Å²) in [6.45, 7) is 28.0. The Hall–Kier alpha value is -7.71. The van der Waals surface area contributed by atoms with E-state index in [-0.39, 0.29) is 36.5 Å². The monoisotopic (exact) mass is 1470 g/mol. The molecule has 3 N–H and O–H groups in total. The molecule has 9 aromatic rings. The smallest absolute Gasteiger partial charge is 0.315 e. The molecule has 5 atom stereocenters. The molecule has 0 aliphatic carbocycles. The summed E-state index contributed by atoms with van der Waals surface area (Å²) in [5, 5.41) is 40.2. The third kappa shape index (κ3) is 15.6. The van der Waals surface area contributed by atoms with Crippen LogP contribution < -0.4 is 16.0 Å². The van der Waals surface area contributed by atoms with Crippen molar-refractivity contribution in [3.8, 4) is 15.0 Å². The van der Waals surface area contributed by atoms with E-state index in [1.807, 2.05) is 128 Å². The Morgan fingerprint density at radius 1 is 0.636 bits per heavy atom. The Bertz CT molecular complexity index is 4650. The van der Waals surface area contributed by atoms with Gasteiger partial charge in [0.15, 0.2) is 17.5 Å². The molecule has 27 heteroatoms. The number of benzene rings is 3. The minimum absolute atomic E-state index is 0.0240. The van der Waals surface area contributed by atoms with Gasteiger partial charge in [0, 0.05) is 87.6 Å². The maximum Gasteiger partial charge on any atom is 0.315 e. The summed E-state index contributed by atoms with van der Waals surface area (Å²) in [5.41, 5.74) is 11.4. The second kappa shape index (κ2) is 29.9. The third-order valence-corrected chi connectivity index (χ3v) is 23.6. The predicted octanol–water partition coefficient (Wildman–Crippen LogP) is 15.5. The van der Waals surface area contributed by atoms with Crippen LogP contribution >= 0.6 is 80.6 Å². The molecule has 5 aliphatic heterocycles. The summed E-state index contributed by atoms with van der Waals surface area (Å²) in [5.74, 6) is 4.74. The molecular weight excluding hydrogens is 1390 g/mol. The van der Waals surface area contributed by atoms with Crippen LogP contribution in [0, 0.1) is 55.4 Å². The Balaban J connectivity index is 0.000000136. The minimum atomic E-state index is -0.565. The molecule has 1 unspecified atom stereocenters. The largest absolute Gasteiger partial charge is 0.460 e. The highest BCUT2D eigenvalue weighted by Gasteiger charge is 2.43. The number of carbonyl (C=O) groups is 4. The highest BCUT2D eigenvalue weighted by atomic mass is 35.5. The standard InChI is InChI=1S/C22H23ClN4O2S.C20H20ClN5OS.C19H19ClN4S.C11H18N2O2S/c1-12-13(2)30-21-18(12)19(14-6-8-15(23)9-7-14)25-16(20-26-24-11-27(20)21)10-17(28)29-22(3,4)5;1-10-11(2)28-20-17(10)18(13-5-7-14(21)8-6-13)23-15(9-16(27)22-4)19-25-24-12(3)26(19)20;1-10-11(2)25-17-15(10)16(13-6-8-14(20)9-7-13)21-19(4,5)18-23-22-12(3)24(17)18;1-7(14)4-2-3-5-9-10-8(6-16-9)12-11(15)13-10/h6-9,11,16H,10H2,1-5H3;5-8,15H,9H2,1-4H3,(H,22,27);6-9H,1-5H3;8-10H,2-6H2,1H3,(H2,12,13,15)/t16-;;;8-,9+,10-/m0..1/s1. The van der Waals surface area contributed by atoms with Gasteiger partial charge in [-0.2, -0.15) is 11.8 Å². The maximum atomic E-state index is 12.6. The molecule has 20 nitrogen and oxygen atoms in total. The van der Waals surface area contributed by atoms with E-state index in [1.165, 1.54) is 31.3 Å². The molecule has 99 heavy (non-hydrogen) atoms. The fourth-order valence-corrected chi connectivity index (χ4v) is 18.0. The number of rotatable bonds is 12. The number of nitrogens with zero attached hydrogens (tertiary/aromatic N) is 12. The maximum absolute atomic E-state index is 12.6. The number of fused-ring (bicyclic) bond motifs is 10. The number of esters is 1. The number of amides is 3. The Kier molecular flexibility index (Phi) is 21.9. The number of nitrogens with one attached hydrogen (secondary N) is 3. The number of thiophene rings is 3. The van der Waals surface area contributed by atoms with E-state index in [4.69, 9.17) is 54.5 Å². The fourth-order valence-electron chi connectivity index (χ4n) is 12.5. The number of aromatic nitrogens is 9. The molecule has 11 heterocycles. The highest BCUT2D eigenvalue weighted by Crippen LogP contribution is 2.44. The van der Waals surface area contributed by atoms with Crippen molar-refractivity contribution >= 4 is 121 Å². The first-order valence-corrected chi connectivity index (χ1v) is 37.3. The molecule has 3 aromatic carbocycles. The number of hydrogen-bond donors (Lipinski definition) is 3. The molecule has 0 saturated carbocycles. The summed E-state index contributed by atoms with van der Waals surface area (Å²) >= 11 is 25.4. The molecule has 0 radical (unpaired) electrons. The normalized spacial score (nSPS) is 18.2. The van der Waals surface area contributed by atoms with E-state index in [2.05, 4.69) is 106 Å². The number of ether oxygens (including phenoxy) is 1. The zero-order valence-corrected chi connectivity index (χ0v) is 63.6. The van der Waals surface area contributed by atoms with Crippen molar-refractivity contribution < 1.29 is 23.9 Å². The summed E-state index contributed by atoms with van der Waals surface area (Å²) in [6, 6.07) is 22.8. The Morgan fingerprint density at radius 2 is 1.13 bits per heavy atom. The molecule has 0 bridgehead atoms. The van der Waals surface area contributed by atoms with Crippen LogP contribution in [0.5, 0.6) is 0 Å². The number of ketones is 1. The van der Waals surface area contributed by atoms with Crippen LogP contribution in [0.4, 0.5) is 4.79 Å². The average molecular weight is 1470 g/mol. The number of thioether (sulfide) groups is 1. The predicted molar refractivity (Wildman–Crippen MR) is 399 cm³/mol. The van der Waals surface area contributed by atoms with Crippen molar-refractivity contribution in [3.05, 3.63) is 188 Å². The van der Waals surface area contributed by atoms with E-state index in [9.17, 15) is 19.2 Å². The van der Waals surface area contributed by atoms with Crippen LogP contribution in [-0.2, 0) is 24.7 Å². The summed E-state index contributed by atoms with van der Waals surface area (Å²) in [7, 11) is 1.63. The van der Waals surface area contributed by atoms with Crippen molar-refractivity contribution in [2.75, 3.05) is 12.8 Å². The van der Waals surface area contributed by atoms with Gasteiger partial charge in [0.1, 0.15) is 62.0 Å². The SMILES string of the molecule is CC(=O)CCCC[C@@H]1SC[C@H]2NC(=O)N[C@@H]12.CNC(=O)CC1N=C(c2ccc(Cl)cc2)c2c(sc(C)c2C)-n2c(C)nnc21.Cc1sc2c(c1C)C(c1ccc(Cl)cc1)=NC(C)(C)c1nnc(C)n1-2.Cc1sc2c(c1C)C(c1ccc(Cl)cc1)=N[C@@H](CC(=O)OC(C)(C)C)c1nncn1-2. The molecule has 518 valence electrons. The van der Waals surface area contributed by atoms with Crippen LogP contribution in [-0.4, -0.2) is 121 Å². The molecule has 14 rings (SSSR count). The zero-order chi connectivity index (χ0) is 71.1. The number of Topliss-reactive ketones (excluding diaryl/α,β-unsaturated/α-hetero) is 1. The molecule has 5 aliphatic rings. The van der Waals surface area contributed by atoms with Gasteiger partial charge in [-0.25, -0.2) is 4.79 Å². The lowest BCUT2D eigenvalue weighted by molar-refractivity contribution is -0.155. The van der Waals surface area contributed by atoms with E-state index >= 15 is 0 Å². The summed E-state index contributed by atoms with van der Waals surface area (Å²) < 4.78 is 11.7. The van der Waals surface area contributed by atoms with E-state index < -0.39 is 23.2 Å². The van der Waals surface area contributed by atoms with Crippen LogP contribution in [0.3, 0.4) is 0 Å². The van der Waals surface area contributed by atoms with E-state index in [1.54, 1.807) is 54.3 Å². The molecule has 0 spiro atoms. The van der Waals surface area contributed by atoms with E-state index in [0.717, 1.165) is 113 Å². The van der Waals surface area contributed by atoms with E-state index in [0.29, 0.717) is 45.4 Å². The number of hydrogen-bond acceptors (Lipinski definition) is 18. The van der Waals surface area contributed by atoms with Gasteiger partial charge in [0.25, 0.3) is 0 Å². The van der Waals surface area contributed by atoms with Crippen LogP contribution in [0.2, 0.25) is 15.1 Å². The Morgan fingerprint density at radius 3 is 1.68 bits per heavy atom. The van der Waals surface area contributed by atoms with Gasteiger partial charge < -0.3 is 25.5 Å². The van der Waals surface area contributed by atoms with Gasteiger partial charge in [0.2, 0.25) is 5.91 Å². The van der Waals surface area contributed by atoms with Crippen molar-refractivity contribution in [1.82, 2.24) is 60.2 Å². The molecule has 2 fully saturated rings. The van der Waals surface area contributed by atoms with Gasteiger partial charge in [0.05, 0.1) is 42.1 Å². The summed E-state index contributed by atoms with van der Waals surface area (Å²) in [4.78, 5) is 65.6. The number of urea groups is 1. The number of halogens is 3. The quantitative estimate of drug-likeness (QED) is 0.0588. The average Bonchev–Trinajstić information content (AvgIpc) is 1.60. The van der Waals surface area contributed by atoms with Gasteiger partial charge in [-0.15, -0.1) is 64.6 Å². The first-order valence-electron chi connectivity index (χ1n) is 32.7. The lowest BCUT2D eigenvalue weighted by Crippen LogP contribution is -2.36. The Labute approximate surface area is 608 Å². The van der Waals surface area contributed by atoms with Crippen LogP contribution in [0.1, 0.15) is 186 Å². The highest BCUT2D eigenvalue weighted by molar-refractivity contribution is 8.00. The van der Waals surface area contributed by atoms with Gasteiger partial charge >= 0.3 is 12.0 Å². The van der Waals surface area contributed by atoms with Crippen molar-refractivity contribution in [2.45, 2.75) is 176 Å². The minimum Gasteiger partial charge on any atom is -0.460 e. The topological polar surface area (TPSA) is 243 Å². The number of carbonyl (C=O) groups excluding carboxylic acids is 4. The lowest BCUT2D eigenvalue weighted by atomic mass is 9.98. The van der Waals surface area contributed by atoms with Crippen LogP contribution in [0.15, 0.2) is 94.1 Å². The number of aryl methyl sites for hydroxylation is 5. The molecule has 6 aromatic heterocycles. The summed E-state index contributed by atoms with van der Waals surface area (Å²) in [6.07, 6.45) is 5.82. The van der Waals surface area contributed by atoms with Crippen molar-refractivity contribution in [3.63, 3.8) is 0 Å².